The van der Waals surface area contributed by atoms with Gasteiger partial charge in [0.1, 0.15) is 10.6 Å². The van der Waals surface area contributed by atoms with Crippen LogP contribution in [-0.2, 0) is 11.2 Å². The van der Waals surface area contributed by atoms with E-state index in [1.165, 1.54) is 11.3 Å². The number of aromatic amines is 2. The first kappa shape index (κ1) is 16.7. The van der Waals surface area contributed by atoms with Crippen LogP contribution in [0.3, 0.4) is 0 Å². The third-order valence-electron chi connectivity index (χ3n) is 2.88. The van der Waals surface area contributed by atoms with Crippen LogP contribution in [0.4, 0.5) is 5.00 Å². The van der Waals surface area contributed by atoms with Crippen LogP contribution < -0.4 is 11.2 Å². The number of nitrogens with one attached hydrogen (secondary N) is 2. The fourth-order valence-electron chi connectivity index (χ4n) is 1.78. The summed E-state index contributed by atoms with van der Waals surface area (Å²) < 4.78 is 4.97. The van der Waals surface area contributed by atoms with Gasteiger partial charge in [-0.15, -0.1) is 11.3 Å². The fraction of sp³-hybridized carbons (Fsp3) is 0.286. The summed E-state index contributed by atoms with van der Waals surface area (Å²) in [6.45, 7) is 3.87. The lowest BCUT2D eigenvalue weighted by Gasteiger charge is -2.00. The Morgan fingerprint density at radius 2 is 2.13 bits per heavy atom. The Bertz CT molecular complexity index is 862. The number of hydrogen-bond acceptors (Lipinski definition) is 7. The highest BCUT2D eigenvalue weighted by Crippen LogP contribution is 2.32. The van der Waals surface area contributed by atoms with Crippen molar-refractivity contribution >= 4 is 28.5 Å². The van der Waals surface area contributed by atoms with Crippen molar-refractivity contribution in [3.63, 3.8) is 0 Å². The predicted molar refractivity (Wildman–Crippen MR) is 86.3 cm³/mol. The van der Waals surface area contributed by atoms with Gasteiger partial charge < -0.3 is 9.84 Å². The molecule has 2 heterocycles. The largest absolute Gasteiger partial charge is 0.494 e. The minimum absolute atomic E-state index is 0.203. The average Bonchev–Trinajstić information content (AvgIpc) is 2.90. The lowest BCUT2D eigenvalue weighted by molar-refractivity contribution is 0.0528. The number of thiophene rings is 1. The summed E-state index contributed by atoms with van der Waals surface area (Å²) in [4.78, 5) is 43.7. The second kappa shape index (κ2) is 7.05. The topological polar surface area (TPSA) is 125 Å². The number of aromatic hydroxyl groups is 1. The second-order valence-corrected chi connectivity index (χ2v) is 5.55. The first-order valence-corrected chi connectivity index (χ1v) is 7.67. The number of nitrogens with zero attached hydrogens (tertiary/aromatic N) is 1. The van der Waals surface area contributed by atoms with Crippen molar-refractivity contribution in [2.24, 2.45) is 4.99 Å². The molecule has 0 bridgehead atoms. The molecule has 122 valence electrons. The monoisotopic (exact) mass is 337 g/mol. The van der Waals surface area contributed by atoms with Gasteiger partial charge in [0, 0.05) is 11.1 Å². The molecule has 0 spiro atoms. The first-order chi connectivity index (χ1) is 11.0. The number of carbonyl (C=O) groups is 1. The van der Waals surface area contributed by atoms with E-state index in [0.717, 1.165) is 17.5 Å². The van der Waals surface area contributed by atoms with Crippen LogP contribution in [0.2, 0.25) is 0 Å². The summed E-state index contributed by atoms with van der Waals surface area (Å²) in [5.74, 6) is -1.09. The van der Waals surface area contributed by atoms with Crippen molar-refractivity contribution in [1.82, 2.24) is 9.97 Å². The molecule has 0 aliphatic heterocycles. The van der Waals surface area contributed by atoms with E-state index >= 15 is 0 Å². The maximum Gasteiger partial charge on any atom is 0.341 e. The highest BCUT2D eigenvalue weighted by atomic mass is 32.1. The van der Waals surface area contributed by atoms with Gasteiger partial charge in [-0.3, -0.25) is 14.8 Å². The molecule has 0 saturated carbocycles. The minimum atomic E-state index is -0.818. The van der Waals surface area contributed by atoms with Gasteiger partial charge in [0.2, 0.25) is 5.88 Å². The molecule has 0 radical (unpaired) electrons. The van der Waals surface area contributed by atoms with E-state index in [1.54, 1.807) is 13.0 Å². The van der Waals surface area contributed by atoms with E-state index in [9.17, 15) is 19.5 Å². The van der Waals surface area contributed by atoms with Crippen LogP contribution in [0.15, 0.2) is 20.6 Å². The standard InChI is InChI=1S/C14H15N3O5S/c1-3-7-5-8(13(20)22-4-2)12(23-7)15-6-9-10(18)16-14(21)17-11(9)19/h5-6H,3-4H2,1-2H3,(H3,16,17,18,19,21)/b15-6+. The number of rotatable bonds is 5. The van der Waals surface area contributed by atoms with Crippen LogP contribution in [0.1, 0.15) is 34.6 Å². The van der Waals surface area contributed by atoms with Crippen molar-refractivity contribution in [3.05, 3.63) is 42.9 Å². The number of aromatic nitrogens is 2. The van der Waals surface area contributed by atoms with E-state index in [2.05, 4.69) is 9.98 Å². The summed E-state index contributed by atoms with van der Waals surface area (Å²) in [5, 5.41) is 9.98. The molecule has 0 aromatic carbocycles. The summed E-state index contributed by atoms with van der Waals surface area (Å²) >= 11 is 1.28. The quantitative estimate of drug-likeness (QED) is 0.560. The van der Waals surface area contributed by atoms with E-state index < -0.39 is 23.1 Å². The van der Waals surface area contributed by atoms with Crippen molar-refractivity contribution in [3.8, 4) is 5.88 Å². The van der Waals surface area contributed by atoms with Crippen LogP contribution >= 0.6 is 11.3 Å². The predicted octanol–water partition coefficient (Wildman–Crippen LogP) is 1.32. The highest BCUT2D eigenvalue weighted by molar-refractivity contribution is 7.16. The zero-order chi connectivity index (χ0) is 17.0. The summed E-state index contributed by atoms with van der Waals surface area (Å²) in [7, 11) is 0. The molecule has 0 atom stereocenters. The number of esters is 1. The Morgan fingerprint density at radius 1 is 1.39 bits per heavy atom. The third kappa shape index (κ3) is 3.75. The highest BCUT2D eigenvalue weighted by Gasteiger charge is 2.16. The molecule has 0 unspecified atom stereocenters. The molecule has 2 aromatic heterocycles. The minimum Gasteiger partial charge on any atom is -0.494 e. The van der Waals surface area contributed by atoms with Crippen LogP contribution in [0.5, 0.6) is 5.88 Å². The second-order valence-electron chi connectivity index (χ2n) is 4.43. The fourth-order valence-corrected chi connectivity index (χ4v) is 2.71. The van der Waals surface area contributed by atoms with Crippen LogP contribution in [0, 0.1) is 0 Å². The summed E-state index contributed by atoms with van der Waals surface area (Å²) in [6, 6.07) is 1.69. The SMILES string of the molecule is CCOC(=O)c1cc(CC)sc1/N=C/c1c(O)[nH]c(=O)[nH]c1=O. The van der Waals surface area contributed by atoms with Crippen LogP contribution in [-0.4, -0.2) is 33.9 Å². The Morgan fingerprint density at radius 3 is 2.74 bits per heavy atom. The molecular formula is C14H15N3O5S. The Kier molecular flexibility index (Phi) is 5.12. The van der Waals surface area contributed by atoms with Gasteiger partial charge in [-0.05, 0) is 19.4 Å². The van der Waals surface area contributed by atoms with E-state index in [1.807, 2.05) is 11.9 Å². The number of ether oxygens (including phenoxy) is 1. The van der Waals surface area contributed by atoms with Crippen molar-refractivity contribution < 1.29 is 14.6 Å². The van der Waals surface area contributed by atoms with Crippen LogP contribution in [0.25, 0.3) is 0 Å². The van der Waals surface area contributed by atoms with Gasteiger partial charge in [0.25, 0.3) is 5.56 Å². The third-order valence-corrected chi connectivity index (χ3v) is 4.06. The van der Waals surface area contributed by atoms with E-state index in [-0.39, 0.29) is 12.2 Å². The van der Waals surface area contributed by atoms with Crippen molar-refractivity contribution in [2.45, 2.75) is 20.3 Å². The van der Waals surface area contributed by atoms with Crippen molar-refractivity contribution in [1.29, 1.82) is 0 Å². The Balaban J connectivity index is 2.44. The zero-order valence-electron chi connectivity index (χ0n) is 12.5. The van der Waals surface area contributed by atoms with Gasteiger partial charge in [-0.1, -0.05) is 6.92 Å². The number of hydrogen-bond donors (Lipinski definition) is 3. The van der Waals surface area contributed by atoms with Crippen molar-refractivity contribution in [2.75, 3.05) is 6.61 Å². The molecular weight excluding hydrogens is 322 g/mol. The lowest BCUT2D eigenvalue weighted by Crippen LogP contribution is -2.24. The normalized spacial score (nSPS) is 11.0. The molecule has 23 heavy (non-hydrogen) atoms. The van der Waals surface area contributed by atoms with E-state index in [0.29, 0.717) is 10.6 Å². The molecule has 0 aliphatic rings. The molecule has 3 N–H and O–H groups in total. The maximum absolute atomic E-state index is 11.9. The average molecular weight is 337 g/mol. The molecule has 2 rings (SSSR count). The molecule has 2 aromatic rings. The number of aryl methyl sites for hydroxylation is 1. The first-order valence-electron chi connectivity index (χ1n) is 6.85. The van der Waals surface area contributed by atoms with Gasteiger partial charge in [0.15, 0.2) is 0 Å². The maximum atomic E-state index is 11.9. The van der Waals surface area contributed by atoms with E-state index in [4.69, 9.17) is 4.74 Å². The molecule has 0 fully saturated rings. The molecule has 8 nitrogen and oxygen atoms in total. The number of aliphatic imine (C=N–C) groups is 1. The Labute approximate surface area is 134 Å². The molecule has 0 amide bonds. The van der Waals surface area contributed by atoms with Gasteiger partial charge >= 0.3 is 11.7 Å². The van der Waals surface area contributed by atoms with Gasteiger partial charge in [0.05, 0.1) is 12.2 Å². The molecule has 9 heteroatoms. The molecule has 0 aliphatic carbocycles. The number of H-pyrrole nitrogens is 2. The van der Waals surface area contributed by atoms with Gasteiger partial charge in [-0.2, -0.15) is 0 Å². The molecule has 0 saturated heterocycles. The smallest absolute Gasteiger partial charge is 0.341 e. The summed E-state index contributed by atoms with van der Waals surface area (Å²) in [5.41, 5.74) is -1.50. The lowest BCUT2D eigenvalue weighted by atomic mass is 10.2. The Hall–Kier alpha value is -2.68. The number of carbonyl (C=O) groups excluding carboxylic acids is 1. The summed E-state index contributed by atoms with van der Waals surface area (Å²) in [6.07, 6.45) is 1.81. The van der Waals surface area contributed by atoms with Gasteiger partial charge in [-0.25, -0.2) is 14.6 Å². The zero-order valence-corrected chi connectivity index (χ0v) is 13.3.